The fourth-order valence-corrected chi connectivity index (χ4v) is 0. The largest absolute Gasteiger partial charge is 0.500 e. The Morgan fingerprint density at radius 1 is 1.38 bits per heavy atom. The van der Waals surface area contributed by atoms with Gasteiger partial charge in [0.25, 0.3) is 0 Å². The molecule has 8 heavy (non-hydrogen) atoms. The summed E-state index contributed by atoms with van der Waals surface area (Å²) in [7, 11) is -4.81. The molecule has 0 bridgehead atoms. The number of rotatable bonds is 1. The molecule has 0 aromatic heterocycles. The first-order valence-electron chi connectivity index (χ1n) is 0.919. The smallest absolute Gasteiger partial charge is 0.412 e. The van der Waals surface area contributed by atoms with Gasteiger partial charge >= 0.3 is 7.82 Å². The predicted octanol–water partition coefficient (Wildman–Crippen LogP) is -1.67. The highest BCUT2D eigenvalue weighted by molar-refractivity contribution is 7.46. The molecule has 6 N–H and O–H groups in total. The van der Waals surface area contributed by atoms with Gasteiger partial charge in [0.2, 0.25) is 0 Å². The first kappa shape index (κ1) is 15.7. The molecule has 0 spiro atoms. The van der Waals surface area contributed by atoms with Gasteiger partial charge in [-0.15, -0.1) is 0 Å². The van der Waals surface area contributed by atoms with Gasteiger partial charge in [0.1, 0.15) is 0 Å². The first-order chi connectivity index (χ1) is 2.56. The molecule has 0 aliphatic carbocycles. The molecule has 0 heterocycles. The molecule has 0 fully saturated rings. The van der Waals surface area contributed by atoms with Gasteiger partial charge in [0.15, 0.2) is 0 Å². The van der Waals surface area contributed by atoms with Crippen molar-refractivity contribution in [2.75, 3.05) is 0 Å². The van der Waals surface area contributed by atoms with E-state index >= 15 is 0 Å². The minimum atomic E-state index is -4.81. The van der Waals surface area contributed by atoms with Crippen LogP contribution in [0, 0.1) is 0 Å². The van der Waals surface area contributed by atoms with Crippen LogP contribution in [0.25, 0.3) is 0 Å². The van der Waals surface area contributed by atoms with Gasteiger partial charge in [-0.2, -0.15) is 0 Å². The molecule has 0 saturated carbocycles. The van der Waals surface area contributed by atoms with Crippen molar-refractivity contribution in [3.63, 3.8) is 0 Å². The number of hydrogen-bond donors (Lipinski definition) is 2. The Kier molecular flexibility index (Phi) is 10.00. The van der Waals surface area contributed by atoms with E-state index in [0.29, 0.717) is 0 Å². The van der Waals surface area contributed by atoms with Crippen LogP contribution in [0.5, 0.6) is 0 Å². The monoisotopic (exact) mass is 152 g/mol. The third kappa shape index (κ3) is 16.7. The second-order valence-electron chi connectivity index (χ2n) is 0.560. The zero-order chi connectivity index (χ0) is 5.21. The lowest BCUT2D eigenvalue weighted by Crippen LogP contribution is -1.71. The lowest BCUT2D eigenvalue weighted by Gasteiger charge is -1.87. The van der Waals surface area contributed by atoms with Crippen LogP contribution in [-0.4, -0.2) is 20.7 Å². The van der Waals surface area contributed by atoms with Crippen LogP contribution in [0.1, 0.15) is 0 Å². The molecule has 0 saturated heterocycles. The molecule has 0 rings (SSSR count). The van der Waals surface area contributed by atoms with Crippen LogP contribution < -0.4 is 0 Å². The molecule has 0 aromatic carbocycles. The van der Waals surface area contributed by atoms with Gasteiger partial charge in [-0.25, -0.2) is 4.57 Å². The molecular formula is H6FO6P. The van der Waals surface area contributed by atoms with Gasteiger partial charge < -0.3 is 20.7 Å². The Balaban J connectivity index is -0.000000125. The minimum absolute atomic E-state index is 0. The fraction of sp³-hybridized carbons (Fsp3) is 0. The molecule has 0 amide bonds. The van der Waals surface area contributed by atoms with E-state index in [1.54, 1.807) is 0 Å². The Hall–Kier alpha value is -0.0400. The third-order valence-corrected chi connectivity index (χ3v) is 0.270. The SMILES string of the molecule is O.O.O=P(O)(O)OF. The van der Waals surface area contributed by atoms with Gasteiger partial charge in [-0.05, 0) is 4.53 Å². The van der Waals surface area contributed by atoms with Crippen molar-refractivity contribution in [1.29, 1.82) is 0 Å². The van der Waals surface area contributed by atoms with Crippen LogP contribution >= 0.6 is 7.82 Å². The summed E-state index contributed by atoms with van der Waals surface area (Å²) in [5.41, 5.74) is 0. The number of phosphoric acid groups is 1. The van der Waals surface area contributed by atoms with E-state index < -0.39 is 7.82 Å². The molecule has 0 aromatic rings. The summed E-state index contributed by atoms with van der Waals surface area (Å²) < 4.78 is 21.4. The van der Waals surface area contributed by atoms with Crippen LogP contribution in [0.4, 0.5) is 4.53 Å². The Bertz CT molecular complexity index is 72.6. The topological polar surface area (TPSA) is 130 Å². The zero-order valence-electron chi connectivity index (χ0n) is 3.54. The average molecular weight is 152 g/mol. The number of hydrogen-bond acceptors (Lipinski definition) is 2. The summed E-state index contributed by atoms with van der Waals surface area (Å²) in [6.45, 7) is 0. The van der Waals surface area contributed by atoms with Gasteiger partial charge in [-0.1, -0.05) is 4.73 Å². The maximum absolute atomic E-state index is 10.2. The van der Waals surface area contributed by atoms with Gasteiger partial charge in [0.05, 0.1) is 0 Å². The maximum Gasteiger partial charge on any atom is 0.500 e. The van der Waals surface area contributed by atoms with E-state index in [1.165, 1.54) is 0 Å². The average Bonchev–Trinajstić information content (AvgIpc) is 1.35. The number of halogens is 1. The fourth-order valence-electron chi connectivity index (χ4n) is 0. The molecule has 54 valence electrons. The van der Waals surface area contributed by atoms with E-state index in [2.05, 4.69) is 4.73 Å². The van der Waals surface area contributed by atoms with Crippen LogP contribution in [0.3, 0.4) is 0 Å². The van der Waals surface area contributed by atoms with Crippen LogP contribution in [-0.2, 0) is 9.29 Å². The maximum atomic E-state index is 10.2. The lowest BCUT2D eigenvalue weighted by atomic mass is 15.6. The molecule has 0 aliphatic rings. The quantitative estimate of drug-likeness (QED) is 0.435. The normalized spacial score (nSPS) is 8.88. The van der Waals surface area contributed by atoms with Gasteiger partial charge in [-0.3, -0.25) is 0 Å². The van der Waals surface area contributed by atoms with Crippen molar-refractivity contribution in [3.8, 4) is 0 Å². The zero-order valence-corrected chi connectivity index (χ0v) is 4.43. The van der Waals surface area contributed by atoms with Crippen LogP contribution in [0.15, 0.2) is 0 Å². The first-order valence-corrected chi connectivity index (χ1v) is 2.45. The Morgan fingerprint density at radius 3 is 1.50 bits per heavy atom. The van der Waals surface area contributed by atoms with E-state index in [9.17, 15) is 4.53 Å². The van der Waals surface area contributed by atoms with Crippen molar-refractivity contribution >= 4 is 7.82 Å². The van der Waals surface area contributed by atoms with E-state index in [4.69, 9.17) is 14.4 Å². The summed E-state index contributed by atoms with van der Waals surface area (Å²) >= 11 is 0. The van der Waals surface area contributed by atoms with E-state index in [0.717, 1.165) is 0 Å². The summed E-state index contributed by atoms with van der Waals surface area (Å²) in [5, 5.41) is 0. The molecule has 0 aliphatic heterocycles. The summed E-state index contributed by atoms with van der Waals surface area (Å²) in [6.07, 6.45) is 0. The standard InChI is InChI=1S/FH2O4P.2H2O/c1-5-6(2,3)4;;/h(H2,2,3,4);2*1H2. The van der Waals surface area contributed by atoms with Crippen molar-refractivity contribution in [1.82, 2.24) is 0 Å². The lowest BCUT2D eigenvalue weighted by molar-refractivity contribution is -0.0389. The van der Waals surface area contributed by atoms with Crippen molar-refractivity contribution in [2.45, 2.75) is 0 Å². The van der Waals surface area contributed by atoms with Crippen molar-refractivity contribution in [3.05, 3.63) is 0 Å². The minimum Gasteiger partial charge on any atom is -0.412 e. The highest BCUT2D eigenvalue weighted by atomic mass is 31.2. The molecule has 0 radical (unpaired) electrons. The Morgan fingerprint density at radius 2 is 1.50 bits per heavy atom. The van der Waals surface area contributed by atoms with E-state index in [1.807, 2.05) is 0 Å². The predicted molar refractivity (Wildman–Crippen MR) is 21.5 cm³/mol. The van der Waals surface area contributed by atoms with Crippen molar-refractivity contribution < 1.29 is 34.6 Å². The van der Waals surface area contributed by atoms with E-state index in [-0.39, 0.29) is 11.0 Å². The Labute approximate surface area is 43.7 Å². The molecule has 6 nitrogen and oxygen atoms in total. The molecule has 8 heteroatoms. The summed E-state index contributed by atoms with van der Waals surface area (Å²) in [5.74, 6) is 0. The van der Waals surface area contributed by atoms with Crippen LogP contribution in [0.2, 0.25) is 0 Å². The summed E-state index contributed by atoms with van der Waals surface area (Å²) in [6, 6.07) is 0. The highest BCUT2D eigenvalue weighted by Crippen LogP contribution is 2.35. The molecule has 0 unspecified atom stereocenters. The second-order valence-corrected chi connectivity index (χ2v) is 1.68. The van der Waals surface area contributed by atoms with Crippen molar-refractivity contribution in [2.24, 2.45) is 0 Å². The highest BCUT2D eigenvalue weighted by Gasteiger charge is 2.12. The molecular weight excluding hydrogens is 146 g/mol. The third-order valence-electron chi connectivity index (χ3n) is 0.0899. The van der Waals surface area contributed by atoms with Gasteiger partial charge in [0, 0.05) is 0 Å². The summed E-state index contributed by atoms with van der Waals surface area (Å²) in [4.78, 5) is 14.7. The molecule has 0 atom stereocenters. The second kappa shape index (κ2) is 5.10.